The summed E-state index contributed by atoms with van der Waals surface area (Å²) in [6.07, 6.45) is 0.128. The molecule has 0 aromatic heterocycles. The molecule has 0 saturated carbocycles. The van der Waals surface area contributed by atoms with Crippen LogP contribution < -0.4 is 10.1 Å². The van der Waals surface area contributed by atoms with Gasteiger partial charge in [-0.05, 0) is 55.3 Å². The van der Waals surface area contributed by atoms with Crippen LogP contribution in [0, 0.1) is 6.92 Å². The molecule has 0 spiro atoms. The molecule has 3 aromatic rings. The predicted molar refractivity (Wildman–Crippen MR) is 124 cm³/mol. The summed E-state index contributed by atoms with van der Waals surface area (Å²) in [5, 5.41) is 2.72. The third-order valence-electron chi connectivity index (χ3n) is 5.41. The van der Waals surface area contributed by atoms with E-state index in [-0.39, 0.29) is 17.7 Å². The van der Waals surface area contributed by atoms with Crippen molar-refractivity contribution in [2.45, 2.75) is 37.3 Å². The molecule has 2 amide bonds. The first-order valence-corrected chi connectivity index (χ1v) is 12.0. The third-order valence-corrected chi connectivity index (χ3v) is 7.26. The largest absolute Gasteiger partial charge is 0.489 e. The molecule has 1 heterocycles. The van der Waals surface area contributed by atoms with Crippen LogP contribution in [0.25, 0.3) is 0 Å². The van der Waals surface area contributed by atoms with Crippen LogP contribution in [-0.4, -0.2) is 30.6 Å². The van der Waals surface area contributed by atoms with Gasteiger partial charge in [-0.3, -0.25) is 9.59 Å². The molecule has 170 valence electrons. The summed E-state index contributed by atoms with van der Waals surface area (Å²) < 4.78 is 32.6. The van der Waals surface area contributed by atoms with E-state index < -0.39 is 27.9 Å². The first-order chi connectivity index (χ1) is 15.8. The van der Waals surface area contributed by atoms with E-state index in [9.17, 15) is 18.0 Å². The van der Waals surface area contributed by atoms with E-state index in [1.54, 1.807) is 36.4 Å². The molecule has 8 heteroatoms. The molecule has 0 unspecified atom stereocenters. The fourth-order valence-corrected chi connectivity index (χ4v) is 5.23. The molecule has 0 bridgehead atoms. The van der Waals surface area contributed by atoms with Crippen LogP contribution in [0.15, 0.2) is 83.8 Å². The summed E-state index contributed by atoms with van der Waals surface area (Å²) in [5.74, 6) is -0.494. The molecular weight excluding hydrogens is 440 g/mol. The lowest BCUT2D eigenvalue weighted by Crippen LogP contribution is -2.45. The number of amides is 2. The third kappa shape index (κ3) is 5.06. The van der Waals surface area contributed by atoms with E-state index >= 15 is 0 Å². The van der Waals surface area contributed by atoms with Crippen molar-refractivity contribution in [3.8, 4) is 5.75 Å². The predicted octanol–water partition coefficient (Wildman–Crippen LogP) is 3.89. The average molecular weight is 465 g/mol. The number of benzene rings is 3. The van der Waals surface area contributed by atoms with E-state index in [2.05, 4.69) is 5.32 Å². The highest BCUT2D eigenvalue weighted by molar-refractivity contribution is 7.89. The Bertz CT molecular complexity index is 1240. The number of aryl methyl sites for hydroxylation is 1. The first kappa shape index (κ1) is 22.5. The van der Waals surface area contributed by atoms with Crippen molar-refractivity contribution in [3.05, 3.63) is 90.0 Å². The number of carbonyl (C=O) groups is 2. The van der Waals surface area contributed by atoms with Gasteiger partial charge in [0.2, 0.25) is 11.8 Å². The first-order valence-electron chi connectivity index (χ1n) is 10.6. The number of sulfonamides is 1. The second-order valence-corrected chi connectivity index (χ2v) is 9.66. The average Bonchev–Trinajstić information content (AvgIpc) is 3.22. The summed E-state index contributed by atoms with van der Waals surface area (Å²) in [6, 6.07) is 21.6. The zero-order chi connectivity index (χ0) is 23.4. The standard InChI is InChI=1S/C25H24N2O5S/c1-18-7-13-22(14-8-18)33(30,31)27-23(15-16-24(27)28)25(29)26-20-9-11-21(12-10-20)32-17-19-5-3-2-4-6-19/h2-14,23H,15-17H2,1H3,(H,26,29)/t23-/m1/s1. The van der Waals surface area contributed by atoms with Crippen molar-refractivity contribution in [2.24, 2.45) is 0 Å². The van der Waals surface area contributed by atoms with Gasteiger partial charge in [-0.1, -0.05) is 48.0 Å². The molecule has 4 rings (SSSR count). The Balaban J connectivity index is 1.43. The van der Waals surface area contributed by atoms with Gasteiger partial charge in [0, 0.05) is 12.1 Å². The second-order valence-electron chi connectivity index (χ2n) is 7.85. The molecule has 1 atom stereocenters. The lowest BCUT2D eigenvalue weighted by atomic mass is 10.2. The van der Waals surface area contributed by atoms with E-state index in [1.807, 2.05) is 37.3 Å². The number of hydrogen-bond donors (Lipinski definition) is 1. The number of carbonyl (C=O) groups excluding carboxylic acids is 2. The van der Waals surface area contributed by atoms with Gasteiger partial charge in [-0.2, -0.15) is 0 Å². The van der Waals surface area contributed by atoms with Crippen molar-refractivity contribution >= 4 is 27.5 Å². The Hall–Kier alpha value is -3.65. The normalized spacial score (nSPS) is 16.0. The number of nitrogens with zero attached hydrogens (tertiary/aromatic N) is 1. The summed E-state index contributed by atoms with van der Waals surface area (Å²) in [7, 11) is -4.13. The van der Waals surface area contributed by atoms with Crippen molar-refractivity contribution in [3.63, 3.8) is 0 Å². The molecule has 1 fully saturated rings. The Kier molecular flexibility index (Phi) is 6.46. The lowest BCUT2D eigenvalue weighted by Gasteiger charge is -2.23. The van der Waals surface area contributed by atoms with Crippen LogP contribution in [0.2, 0.25) is 0 Å². The van der Waals surface area contributed by atoms with Gasteiger partial charge in [0.1, 0.15) is 18.4 Å². The molecule has 0 radical (unpaired) electrons. The minimum atomic E-state index is -4.13. The highest BCUT2D eigenvalue weighted by Gasteiger charge is 2.44. The maximum absolute atomic E-state index is 13.1. The summed E-state index contributed by atoms with van der Waals surface area (Å²) >= 11 is 0. The van der Waals surface area contributed by atoms with Crippen LogP contribution in [0.4, 0.5) is 5.69 Å². The smallest absolute Gasteiger partial charge is 0.267 e. The van der Waals surface area contributed by atoms with E-state index in [1.165, 1.54) is 12.1 Å². The number of rotatable bonds is 7. The van der Waals surface area contributed by atoms with Gasteiger partial charge in [0.15, 0.2) is 0 Å². The van der Waals surface area contributed by atoms with Gasteiger partial charge in [0.05, 0.1) is 4.90 Å². The zero-order valence-corrected chi connectivity index (χ0v) is 18.9. The highest BCUT2D eigenvalue weighted by Crippen LogP contribution is 2.28. The van der Waals surface area contributed by atoms with Crippen molar-refractivity contribution < 1.29 is 22.7 Å². The monoisotopic (exact) mass is 464 g/mol. The van der Waals surface area contributed by atoms with Crippen LogP contribution in [0.3, 0.4) is 0 Å². The van der Waals surface area contributed by atoms with Crippen molar-refractivity contribution in [2.75, 3.05) is 5.32 Å². The minimum absolute atomic E-state index is 0.00452. The maximum atomic E-state index is 13.1. The van der Waals surface area contributed by atoms with Crippen LogP contribution in [-0.2, 0) is 26.2 Å². The van der Waals surface area contributed by atoms with Gasteiger partial charge in [0.25, 0.3) is 10.0 Å². The molecule has 1 aliphatic heterocycles. The van der Waals surface area contributed by atoms with E-state index in [0.717, 1.165) is 11.1 Å². The van der Waals surface area contributed by atoms with Crippen LogP contribution >= 0.6 is 0 Å². The van der Waals surface area contributed by atoms with Crippen molar-refractivity contribution in [1.29, 1.82) is 0 Å². The second kappa shape index (κ2) is 9.46. The quantitative estimate of drug-likeness (QED) is 0.573. The van der Waals surface area contributed by atoms with Crippen LogP contribution in [0.1, 0.15) is 24.0 Å². The zero-order valence-electron chi connectivity index (χ0n) is 18.1. The van der Waals surface area contributed by atoms with Crippen molar-refractivity contribution in [1.82, 2.24) is 4.31 Å². The lowest BCUT2D eigenvalue weighted by molar-refractivity contribution is -0.128. The fourth-order valence-electron chi connectivity index (χ4n) is 3.63. The SMILES string of the molecule is Cc1ccc(S(=O)(=O)N2C(=O)CC[C@@H]2C(=O)Nc2ccc(OCc3ccccc3)cc2)cc1. The summed E-state index contributed by atoms with van der Waals surface area (Å²) in [6.45, 7) is 2.26. The van der Waals surface area contributed by atoms with Gasteiger partial charge in [-0.25, -0.2) is 12.7 Å². The summed E-state index contributed by atoms with van der Waals surface area (Å²) in [4.78, 5) is 25.3. The number of hydrogen-bond acceptors (Lipinski definition) is 5. The van der Waals surface area contributed by atoms with Gasteiger partial charge >= 0.3 is 0 Å². The molecule has 1 aliphatic rings. The Morgan fingerprint density at radius 1 is 1.00 bits per heavy atom. The Labute approximate surface area is 193 Å². The van der Waals surface area contributed by atoms with Crippen LogP contribution in [0.5, 0.6) is 5.75 Å². The number of ether oxygens (including phenoxy) is 1. The maximum Gasteiger partial charge on any atom is 0.267 e. The molecule has 7 nitrogen and oxygen atoms in total. The number of nitrogens with one attached hydrogen (secondary N) is 1. The molecule has 0 aliphatic carbocycles. The topological polar surface area (TPSA) is 92.8 Å². The fraction of sp³-hybridized carbons (Fsp3) is 0.200. The molecule has 1 saturated heterocycles. The Morgan fingerprint density at radius 3 is 2.33 bits per heavy atom. The molecular formula is C25H24N2O5S. The Morgan fingerprint density at radius 2 is 1.67 bits per heavy atom. The highest BCUT2D eigenvalue weighted by atomic mass is 32.2. The van der Waals surface area contributed by atoms with Gasteiger partial charge in [-0.15, -0.1) is 0 Å². The van der Waals surface area contributed by atoms with E-state index in [0.29, 0.717) is 22.3 Å². The van der Waals surface area contributed by atoms with Gasteiger partial charge < -0.3 is 10.1 Å². The molecule has 33 heavy (non-hydrogen) atoms. The number of anilines is 1. The minimum Gasteiger partial charge on any atom is -0.489 e. The summed E-state index contributed by atoms with van der Waals surface area (Å²) in [5.41, 5.74) is 2.42. The van der Waals surface area contributed by atoms with E-state index in [4.69, 9.17) is 4.74 Å². The molecule has 1 N–H and O–H groups in total. The molecule has 3 aromatic carbocycles.